The largest absolute Gasteiger partial charge is 0.334 e. The molecule has 4 rings (SSSR count). The molecule has 13 heteroatoms. The van der Waals surface area contributed by atoms with Gasteiger partial charge in [-0.05, 0) is 74.0 Å². The van der Waals surface area contributed by atoms with Crippen LogP contribution in [0, 0.1) is 24.0 Å². The molecule has 0 saturated carbocycles. The molecule has 0 aliphatic rings. The maximum absolute atomic E-state index is 12.8. The van der Waals surface area contributed by atoms with E-state index in [2.05, 4.69) is 37.2 Å². The number of aromatic nitrogens is 2. The minimum absolute atomic E-state index is 0.0663. The highest BCUT2D eigenvalue weighted by atomic mass is 32.2. The second-order valence-corrected chi connectivity index (χ2v) is 10.3. The Morgan fingerprint density at radius 3 is 2.35 bits per heavy atom. The Balaban J connectivity index is 1.54. The topological polar surface area (TPSA) is 168 Å². The summed E-state index contributed by atoms with van der Waals surface area (Å²) in [7, 11) is -3.78. The van der Waals surface area contributed by atoms with Gasteiger partial charge < -0.3 is 16.0 Å². The minimum atomic E-state index is -3.78. The molecule has 1 amide bonds. The van der Waals surface area contributed by atoms with Crippen LogP contribution in [0.5, 0.6) is 0 Å². The van der Waals surface area contributed by atoms with Crippen molar-refractivity contribution >= 4 is 56.1 Å². The molecule has 3 aromatic carbocycles. The lowest BCUT2D eigenvalue weighted by atomic mass is 10.2. The second kappa shape index (κ2) is 11.6. The molecule has 204 valence electrons. The monoisotopic (exact) mass is 559 g/mol. The fourth-order valence-corrected chi connectivity index (χ4v) is 4.70. The lowest BCUT2D eigenvalue weighted by Crippen LogP contribution is -2.13. The molecule has 0 aliphatic heterocycles. The number of carbonyl (C=O) groups excluding carboxylic acids is 1. The third kappa shape index (κ3) is 6.76. The Morgan fingerprint density at radius 2 is 1.68 bits per heavy atom. The molecule has 4 N–H and O–H groups in total. The van der Waals surface area contributed by atoms with Crippen LogP contribution in [0.3, 0.4) is 0 Å². The predicted molar refractivity (Wildman–Crippen MR) is 154 cm³/mol. The number of nitro groups is 1. The smallest absolute Gasteiger partial charge is 0.329 e. The number of sulfonamides is 1. The van der Waals surface area contributed by atoms with Gasteiger partial charge in [-0.15, -0.1) is 0 Å². The number of nitrogens with one attached hydrogen (secondary N) is 4. The zero-order valence-corrected chi connectivity index (χ0v) is 22.3. The molecule has 40 heavy (non-hydrogen) atoms. The van der Waals surface area contributed by atoms with Gasteiger partial charge in [0.1, 0.15) is 6.20 Å². The average molecular weight is 560 g/mol. The molecule has 0 aliphatic carbocycles. The van der Waals surface area contributed by atoms with E-state index in [0.29, 0.717) is 28.3 Å². The molecular weight excluding hydrogens is 534 g/mol. The van der Waals surface area contributed by atoms with Gasteiger partial charge in [0.15, 0.2) is 0 Å². The number of aryl methyl sites for hydroxylation is 2. The van der Waals surface area contributed by atoms with Crippen molar-refractivity contribution in [3.05, 3.63) is 107 Å². The van der Waals surface area contributed by atoms with E-state index in [1.165, 1.54) is 12.1 Å². The van der Waals surface area contributed by atoms with Crippen molar-refractivity contribution in [3.8, 4) is 0 Å². The molecule has 1 heterocycles. The van der Waals surface area contributed by atoms with Gasteiger partial charge in [0, 0.05) is 17.1 Å². The minimum Gasteiger partial charge on any atom is -0.334 e. The molecular formula is C27H25N7O5S. The first-order valence-corrected chi connectivity index (χ1v) is 13.3. The van der Waals surface area contributed by atoms with Crippen LogP contribution in [0.4, 0.5) is 40.2 Å². The summed E-state index contributed by atoms with van der Waals surface area (Å²) in [4.78, 5) is 31.0. The number of nitrogens with zero attached hydrogens (tertiary/aromatic N) is 3. The maximum atomic E-state index is 12.8. The third-order valence-electron chi connectivity index (χ3n) is 5.60. The fraction of sp³-hybridized carbons (Fsp3) is 0.0741. The lowest BCUT2D eigenvalue weighted by molar-refractivity contribution is -0.384. The van der Waals surface area contributed by atoms with Gasteiger partial charge >= 0.3 is 5.69 Å². The Bertz CT molecular complexity index is 1710. The third-order valence-corrected chi connectivity index (χ3v) is 6.98. The fourth-order valence-electron chi connectivity index (χ4n) is 3.57. The van der Waals surface area contributed by atoms with Crippen molar-refractivity contribution in [2.75, 3.05) is 20.7 Å². The zero-order valence-electron chi connectivity index (χ0n) is 21.5. The van der Waals surface area contributed by atoms with Gasteiger partial charge in [0.05, 0.1) is 15.5 Å². The lowest BCUT2D eigenvalue weighted by Gasteiger charge is -2.13. The Morgan fingerprint density at radius 1 is 0.975 bits per heavy atom. The Hall–Kier alpha value is -5.30. The van der Waals surface area contributed by atoms with Crippen molar-refractivity contribution < 1.29 is 18.1 Å². The second-order valence-electron chi connectivity index (χ2n) is 8.66. The number of hydrogen-bond acceptors (Lipinski definition) is 9. The molecule has 0 atom stereocenters. The summed E-state index contributed by atoms with van der Waals surface area (Å²) in [5.41, 5.74) is 3.03. The highest BCUT2D eigenvalue weighted by Crippen LogP contribution is 2.29. The first kappa shape index (κ1) is 27.7. The first-order chi connectivity index (χ1) is 19.0. The highest BCUT2D eigenvalue weighted by molar-refractivity contribution is 7.92. The Labute approximate surface area is 230 Å². The van der Waals surface area contributed by atoms with Crippen molar-refractivity contribution in [3.63, 3.8) is 0 Å². The molecule has 0 bridgehead atoms. The number of anilines is 6. The van der Waals surface area contributed by atoms with Crippen molar-refractivity contribution in [1.29, 1.82) is 0 Å². The first-order valence-electron chi connectivity index (χ1n) is 11.8. The van der Waals surface area contributed by atoms with Crippen molar-refractivity contribution in [2.45, 2.75) is 18.7 Å². The summed E-state index contributed by atoms with van der Waals surface area (Å²) in [5.74, 6) is -0.411. The number of amides is 1. The maximum Gasteiger partial charge on any atom is 0.329 e. The molecule has 0 radical (unpaired) electrons. The number of benzene rings is 3. The van der Waals surface area contributed by atoms with E-state index in [-0.39, 0.29) is 22.3 Å². The van der Waals surface area contributed by atoms with E-state index in [1.807, 2.05) is 6.92 Å². The van der Waals surface area contributed by atoms with Crippen LogP contribution in [0.25, 0.3) is 0 Å². The van der Waals surface area contributed by atoms with Gasteiger partial charge in [-0.3, -0.25) is 19.6 Å². The highest BCUT2D eigenvalue weighted by Gasteiger charge is 2.19. The Kier molecular flexibility index (Phi) is 8.05. The van der Waals surface area contributed by atoms with E-state index in [4.69, 9.17) is 0 Å². The SMILES string of the molecule is C=CC(=O)Nc1cccc(Nc2nc(Nc3ccc(NS(=O)(=O)c4ccc(C)cc4)c(C)c3)ncc2[N+](=O)[O-])c1. The zero-order chi connectivity index (χ0) is 28.9. The van der Waals surface area contributed by atoms with Crippen LogP contribution >= 0.6 is 0 Å². The van der Waals surface area contributed by atoms with Crippen LogP contribution in [0.2, 0.25) is 0 Å². The molecule has 0 saturated heterocycles. The van der Waals surface area contributed by atoms with Crippen LogP contribution in [-0.2, 0) is 14.8 Å². The van der Waals surface area contributed by atoms with E-state index in [9.17, 15) is 23.3 Å². The normalized spacial score (nSPS) is 10.8. The van der Waals surface area contributed by atoms with Crippen LogP contribution in [0.15, 0.2) is 90.5 Å². The summed E-state index contributed by atoms with van der Waals surface area (Å²) in [5, 5.41) is 20.1. The van der Waals surface area contributed by atoms with Crippen LogP contribution in [0.1, 0.15) is 11.1 Å². The number of hydrogen-bond donors (Lipinski definition) is 4. The van der Waals surface area contributed by atoms with E-state index >= 15 is 0 Å². The predicted octanol–water partition coefficient (Wildman–Crippen LogP) is 5.41. The van der Waals surface area contributed by atoms with Gasteiger partial charge in [-0.1, -0.05) is 30.3 Å². The summed E-state index contributed by atoms with van der Waals surface area (Å²) in [6, 6.07) is 18.0. The average Bonchev–Trinajstić information content (AvgIpc) is 2.90. The van der Waals surface area contributed by atoms with Crippen LogP contribution < -0.4 is 20.7 Å². The summed E-state index contributed by atoms with van der Waals surface area (Å²) >= 11 is 0. The summed E-state index contributed by atoms with van der Waals surface area (Å²) in [6.07, 6.45) is 2.19. The quantitative estimate of drug-likeness (QED) is 0.113. The van der Waals surface area contributed by atoms with Crippen molar-refractivity contribution in [2.24, 2.45) is 0 Å². The van der Waals surface area contributed by atoms with E-state index < -0.39 is 20.9 Å². The van der Waals surface area contributed by atoms with Gasteiger partial charge in [-0.2, -0.15) is 4.98 Å². The van der Waals surface area contributed by atoms with Crippen LogP contribution in [-0.4, -0.2) is 29.2 Å². The summed E-state index contributed by atoms with van der Waals surface area (Å²) < 4.78 is 28.1. The molecule has 0 unspecified atom stereocenters. The number of rotatable bonds is 10. The molecule has 0 fully saturated rings. The molecule has 4 aromatic rings. The molecule has 12 nitrogen and oxygen atoms in total. The standard InChI is InChI=1S/C27H25N7O5S/c1-4-25(35)29-19-6-5-7-20(15-19)30-26-24(34(36)37)16-28-27(32-26)31-21-10-13-23(18(3)14-21)33-40(38,39)22-11-8-17(2)9-12-22/h4-16,33H,1H2,2-3H3,(H,29,35)(H2,28,30,31,32). The van der Waals surface area contributed by atoms with Gasteiger partial charge in [0.25, 0.3) is 10.0 Å². The molecule has 1 aromatic heterocycles. The summed E-state index contributed by atoms with van der Waals surface area (Å²) in [6.45, 7) is 7.01. The van der Waals surface area contributed by atoms with E-state index in [1.54, 1.807) is 61.5 Å². The van der Waals surface area contributed by atoms with E-state index in [0.717, 1.165) is 17.8 Å². The number of carbonyl (C=O) groups is 1. The van der Waals surface area contributed by atoms with Gasteiger partial charge in [-0.25, -0.2) is 13.4 Å². The molecule has 0 spiro atoms. The van der Waals surface area contributed by atoms with Gasteiger partial charge in [0.2, 0.25) is 17.7 Å². The van der Waals surface area contributed by atoms with Crippen molar-refractivity contribution in [1.82, 2.24) is 9.97 Å².